The van der Waals surface area contributed by atoms with E-state index in [4.69, 9.17) is 4.98 Å². The van der Waals surface area contributed by atoms with Crippen molar-refractivity contribution < 1.29 is 9.59 Å². The highest BCUT2D eigenvalue weighted by Crippen LogP contribution is 2.33. The van der Waals surface area contributed by atoms with E-state index in [9.17, 15) is 14.4 Å². The number of amides is 2. The smallest absolute Gasteiger partial charge is 0.254 e. The largest absolute Gasteiger partial charge is 0.361 e. The molecule has 4 heterocycles. The van der Waals surface area contributed by atoms with Gasteiger partial charge in [0.05, 0.1) is 18.7 Å². The molecule has 1 atom stereocenters. The van der Waals surface area contributed by atoms with E-state index in [0.717, 1.165) is 41.4 Å². The van der Waals surface area contributed by atoms with Crippen LogP contribution in [-0.4, -0.2) is 56.2 Å². The molecule has 1 saturated heterocycles. The summed E-state index contributed by atoms with van der Waals surface area (Å²) in [5.41, 5.74) is 3.35. The Labute approximate surface area is 191 Å². The number of hydrogen-bond acceptors (Lipinski definition) is 4. The highest BCUT2D eigenvalue weighted by atomic mass is 16.2. The van der Waals surface area contributed by atoms with E-state index in [0.29, 0.717) is 50.4 Å². The van der Waals surface area contributed by atoms with Crippen molar-refractivity contribution in [3.8, 4) is 0 Å². The average molecular weight is 446 g/mol. The number of aromatic amines is 2. The molecule has 33 heavy (non-hydrogen) atoms. The Bertz CT molecular complexity index is 1300. The van der Waals surface area contributed by atoms with E-state index in [1.807, 2.05) is 40.3 Å². The Morgan fingerprint density at radius 2 is 1.94 bits per heavy atom. The van der Waals surface area contributed by atoms with Gasteiger partial charge in [-0.25, -0.2) is 4.98 Å². The first kappa shape index (κ1) is 20.2. The molecule has 3 aromatic rings. The van der Waals surface area contributed by atoms with Crippen LogP contribution < -0.4 is 5.56 Å². The number of aromatic nitrogens is 3. The van der Waals surface area contributed by atoms with Gasteiger partial charge in [-0.2, -0.15) is 0 Å². The maximum absolute atomic E-state index is 13.0. The molecule has 2 N–H and O–H groups in total. The first-order valence-electron chi connectivity index (χ1n) is 11.8. The molecule has 2 aliphatic heterocycles. The van der Waals surface area contributed by atoms with Gasteiger partial charge in [0.25, 0.3) is 5.56 Å². The first-order chi connectivity index (χ1) is 16.1. The van der Waals surface area contributed by atoms with Crippen LogP contribution in [-0.2, 0) is 29.0 Å². The highest BCUT2D eigenvalue weighted by Gasteiger charge is 2.36. The van der Waals surface area contributed by atoms with E-state index < -0.39 is 0 Å². The summed E-state index contributed by atoms with van der Waals surface area (Å²) in [4.78, 5) is 52.9. The highest BCUT2D eigenvalue weighted by molar-refractivity contribution is 5.89. The summed E-state index contributed by atoms with van der Waals surface area (Å²) in [5, 5.41) is 1.08. The molecule has 1 saturated carbocycles. The second-order valence-electron chi connectivity index (χ2n) is 9.52. The van der Waals surface area contributed by atoms with Crippen molar-refractivity contribution in [3.05, 3.63) is 63.5 Å². The van der Waals surface area contributed by atoms with Gasteiger partial charge in [0.15, 0.2) is 0 Å². The lowest BCUT2D eigenvalue weighted by molar-refractivity contribution is -0.133. The molecule has 1 aliphatic carbocycles. The van der Waals surface area contributed by atoms with Crippen molar-refractivity contribution in [2.45, 2.75) is 44.6 Å². The number of fused-ring (bicyclic) bond motifs is 2. The maximum atomic E-state index is 13.0. The molecule has 0 radical (unpaired) electrons. The minimum Gasteiger partial charge on any atom is -0.361 e. The lowest BCUT2D eigenvalue weighted by Gasteiger charge is -2.28. The molecule has 0 unspecified atom stereocenters. The van der Waals surface area contributed by atoms with Crippen molar-refractivity contribution in [2.24, 2.45) is 5.92 Å². The van der Waals surface area contributed by atoms with Gasteiger partial charge in [-0.15, -0.1) is 0 Å². The monoisotopic (exact) mass is 445 g/mol. The number of nitrogens with one attached hydrogen (secondary N) is 2. The third kappa shape index (κ3) is 3.73. The molecule has 1 aromatic carbocycles. The Morgan fingerprint density at radius 1 is 1.09 bits per heavy atom. The summed E-state index contributed by atoms with van der Waals surface area (Å²) < 4.78 is 0. The number of carbonyl (C=O) groups is 2. The van der Waals surface area contributed by atoms with Crippen LogP contribution in [0.1, 0.15) is 47.8 Å². The second-order valence-corrected chi connectivity index (χ2v) is 9.52. The number of likely N-dealkylation sites (tertiary alicyclic amines) is 1. The first-order valence-corrected chi connectivity index (χ1v) is 11.8. The van der Waals surface area contributed by atoms with E-state index in [2.05, 4.69) is 9.97 Å². The summed E-state index contributed by atoms with van der Waals surface area (Å²) >= 11 is 0. The molecule has 2 amide bonds. The van der Waals surface area contributed by atoms with Gasteiger partial charge in [-0.1, -0.05) is 18.2 Å². The van der Waals surface area contributed by atoms with Gasteiger partial charge >= 0.3 is 0 Å². The lowest BCUT2D eigenvalue weighted by Crippen LogP contribution is -2.40. The molecule has 170 valence electrons. The minimum absolute atomic E-state index is 0.00410. The summed E-state index contributed by atoms with van der Waals surface area (Å²) in [6.07, 6.45) is 5.53. The number of benzene rings is 1. The predicted octanol–water partition coefficient (Wildman–Crippen LogP) is 2.10. The van der Waals surface area contributed by atoms with Gasteiger partial charge in [0.2, 0.25) is 11.8 Å². The van der Waals surface area contributed by atoms with Crippen LogP contribution in [0.5, 0.6) is 0 Å². The Morgan fingerprint density at radius 3 is 2.79 bits per heavy atom. The number of H-pyrrole nitrogens is 2. The Kier molecular flexibility index (Phi) is 4.81. The van der Waals surface area contributed by atoms with Crippen LogP contribution in [0.3, 0.4) is 0 Å². The zero-order chi connectivity index (χ0) is 22.5. The number of rotatable bonds is 4. The third-order valence-electron chi connectivity index (χ3n) is 7.27. The van der Waals surface area contributed by atoms with E-state index in [1.165, 1.54) is 0 Å². The third-order valence-corrected chi connectivity index (χ3v) is 7.27. The number of carbonyl (C=O) groups excluding carboxylic acids is 2. The van der Waals surface area contributed by atoms with Gasteiger partial charge in [0.1, 0.15) is 5.82 Å². The standard InChI is InChI=1S/C25H27N5O3/c31-22(11-17-12-26-20-4-2-1-3-18(17)20)29-9-7-16(13-29)23-27-21-14-30(25(33)15-5-6-15)10-8-19(21)24(32)28-23/h1-4,12,15-16,26H,5-11,13-14H2,(H,27,28,32)/t16-/m0/s1. The van der Waals surface area contributed by atoms with Gasteiger partial charge in [-0.3, -0.25) is 14.4 Å². The molecule has 0 bridgehead atoms. The van der Waals surface area contributed by atoms with Gasteiger partial charge in [-0.05, 0) is 37.3 Å². The maximum Gasteiger partial charge on any atom is 0.254 e. The minimum atomic E-state index is -0.0999. The molecule has 2 aromatic heterocycles. The van der Waals surface area contributed by atoms with E-state index >= 15 is 0 Å². The fourth-order valence-corrected chi connectivity index (χ4v) is 5.19. The molecule has 2 fully saturated rings. The van der Waals surface area contributed by atoms with Crippen LogP contribution in [0, 0.1) is 5.92 Å². The number of para-hydroxylation sites is 1. The SMILES string of the molecule is O=C(Cc1c[nH]c2ccccc12)N1CC[C@H](c2nc3c(c(=O)[nH]2)CCN(C(=O)C2CC2)C3)C1. The molecule has 3 aliphatic rings. The second kappa shape index (κ2) is 7.86. The molecular formula is C25H27N5O3. The predicted molar refractivity (Wildman–Crippen MR) is 123 cm³/mol. The summed E-state index contributed by atoms with van der Waals surface area (Å²) in [7, 11) is 0. The Balaban J connectivity index is 1.16. The Hall–Kier alpha value is -3.42. The topological polar surface area (TPSA) is 102 Å². The van der Waals surface area contributed by atoms with E-state index in [-0.39, 0.29) is 29.2 Å². The summed E-state index contributed by atoms with van der Waals surface area (Å²) in [6, 6.07) is 7.99. The van der Waals surface area contributed by atoms with Crippen LogP contribution >= 0.6 is 0 Å². The summed E-state index contributed by atoms with van der Waals surface area (Å²) in [5.74, 6) is 1.09. The number of hydrogen-bond donors (Lipinski definition) is 2. The van der Waals surface area contributed by atoms with Gasteiger partial charge < -0.3 is 19.8 Å². The van der Waals surface area contributed by atoms with Crippen LogP contribution in [0.2, 0.25) is 0 Å². The zero-order valence-corrected chi connectivity index (χ0v) is 18.5. The van der Waals surface area contributed by atoms with Crippen LogP contribution in [0.4, 0.5) is 0 Å². The van der Waals surface area contributed by atoms with Crippen molar-refractivity contribution in [1.29, 1.82) is 0 Å². The van der Waals surface area contributed by atoms with Crippen LogP contribution in [0.25, 0.3) is 10.9 Å². The zero-order valence-electron chi connectivity index (χ0n) is 18.5. The molecule has 8 heteroatoms. The lowest BCUT2D eigenvalue weighted by atomic mass is 10.0. The molecule has 6 rings (SSSR count). The van der Waals surface area contributed by atoms with Crippen LogP contribution in [0.15, 0.2) is 35.3 Å². The summed E-state index contributed by atoms with van der Waals surface area (Å²) in [6.45, 7) is 2.20. The van der Waals surface area contributed by atoms with E-state index in [1.54, 1.807) is 0 Å². The molecule has 0 spiro atoms. The number of nitrogens with zero attached hydrogens (tertiary/aromatic N) is 3. The van der Waals surface area contributed by atoms with Crippen molar-refractivity contribution in [3.63, 3.8) is 0 Å². The fraction of sp³-hybridized carbons (Fsp3) is 0.440. The molecular weight excluding hydrogens is 418 g/mol. The fourth-order valence-electron chi connectivity index (χ4n) is 5.19. The average Bonchev–Trinajstić information content (AvgIpc) is 3.42. The van der Waals surface area contributed by atoms with Crippen molar-refractivity contribution in [1.82, 2.24) is 24.8 Å². The van der Waals surface area contributed by atoms with Crippen molar-refractivity contribution >= 4 is 22.7 Å². The quantitative estimate of drug-likeness (QED) is 0.642. The molecule has 8 nitrogen and oxygen atoms in total. The van der Waals surface area contributed by atoms with Crippen molar-refractivity contribution in [2.75, 3.05) is 19.6 Å². The normalized spacial score (nSPS) is 20.3. The van der Waals surface area contributed by atoms with Gasteiger partial charge in [0, 0.05) is 54.1 Å².